The van der Waals surface area contributed by atoms with Crippen LogP contribution in [0, 0.1) is 0 Å². The normalized spacial score (nSPS) is 11.6. The van der Waals surface area contributed by atoms with Crippen molar-refractivity contribution in [3.63, 3.8) is 0 Å². The predicted molar refractivity (Wildman–Crippen MR) is 135 cm³/mol. The Morgan fingerprint density at radius 2 is 1.70 bits per heavy atom. The molecular formula is C26H19F3N4O3S. The molecule has 0 unspecified atom stereocenters. The number of alkyl halides is 3. The number of hydrogen-bond donors (Lipinski definition) is 2. The number of fused-ring (bicyclic) bond motifs is 3. The number of ether oxygens (including phenoxy) is 1. The number of para-hydroxylation sites is 1. The van der Waals surface area contributed by atoms with Gasteiger partial charge in [0.1, 0.15) is 16.8 Å². The van der Waals surface area contributed by atoms with Crippen LogP contribution in [0.4, 0.5) is 13.2 Å². The Kier molecular flexibility index (Phi) is 6.62. The summed E-state index contributed by atoms with van der Waals surface area (Å²) < 4.78 is 43.0. The highest BCUT2D eigenvalue weighted by atomic mass is 32.2. The maximum atomic E-state index is 13.6. The molecule has 0 aliphatic rings. The zero-order chi connectivity index (χ0) is 26.0. The number of aromatic nitrogens is 3. The van der Waals surface area contributed by atoms with Gasteiger partial charge in [-0.15, -0.1) is 13.2 Å². The molecular weight excluding hydrogens is 505 g/mol. The Balaban J connectivity index is 1.49. The van der Waals surface area contributed by atoms with Crippen LogP contribution in [0.2, 0.25) is 0 Å². The van der Waals surface area contributed by atoms with E-state index in [0.29, 0.717) is 17.6 Å². The molecule has 0 atom stereocenters. The number of halogens is 3. The van der Waals surface area contributed by atoms with Gasteiger partial charge in [-0.2, -0.15) is 0 Å². The van der Waals surface area contributed by atoms with Crippen LogP contribution in [0.1, 0.15) is 5.56 Å². The first-order valence-corrected chi connectivity index (χ1v) is 12.1. The lowest BCUT2D eigenvalue weighted by Crippen LogP contribution is -2.26. The number of thioether (sulfide) groups is 1. The molecule has 5 rings (SSSR count). The number of carbonyl (C=O) groups excluding carboxylic acids is 1. The molecule has 2 heterocycles. The van der Waals surface area contributed by atoms with Crippen molar-refractivity contribution < 1.29 is 22.7 Å². The number of carbonyl (C=O) groups is 1. The van der Waals surface area contributed by atoms with E-state index in [1.807, 2.05) is 54.6 Å². The molecule has 0 saturated carbocycles. The highest BCUT2D eigenvalue weighted by Crippen LogP contribution is 2.28. The molecule has 0 bridgehead atoms. The molecule has 2 N–H and O–H groups in total. The minimum atomic E-state index is -4.84. The molecule has 0 fully saturated rings. The first kappa shape index (κ1) is 24.4. The van der Waals surface area contributed by atoms with Crippen molar-refractivity contribution >= 4 is 39.6 Å². The minimum absolute atomic E-state index is 0.0254. The fourth-order valence-corrected chi connectivity index (χ4v) is 4.68. The topological polar surface area (TPSA) is 89.0 Å². The first-order valence-electron chi connectivity index (χ1n) is 11.1. The second-order valence-corrected chi connectivity index (χ2v) is 8.96. The molecule has 1 amide bonds. The Morgan fingerprint density at radius 3 is 2.43 bits per heavy atom. The number of nitrogens with zero attached hydrogens (tertiary/aromatic N) is 2. The molecule has 0 aliphatic heterocycles. The van der Waals surface area contributed by atoms with E-state index in [-0.39, 0.29) is 28.0 Å². The maximum absolute atomic E-state index is 13.6. The lowest BCUT2D eigenvalue weighted by atomic mass is 10.2. The van der Waals surface area contributed by atoms with Gasteiger partial charge in [-0.3, -0.25) is 14.2 Å². The Hall–Kier alpha value is -4.25. The lowest BCUT2D eigenvalue weighted by Gasteiger charge is -2.13. The summed E-state index contributed by atoms with van der Waals surface area (Å²) in [6, 6.07) is 21.6. The van der Waals surface area contributed by atoms with Crippen molar-refractivity contribution in [1.29, 1.82) is 0 Å². The van der Waals surface area contributed by atoms with Gasteiger partial charge in [0.25, 0.3) is 5.56 Å². The molecule has 188 valence electrons. The van der Waals surface area contributed by atoms with Gasteiger partial charge in [-0.05, 0) is 35.9 Å². The molecule has 0 aliphatic carbocycles. The van der Waals surface area contributed by atoms with Crippen molar-refractivity contribution in [2.45, 2.75) is 18.1 Å². The van der Waals surface area contributed by atoms with Gasteiger partial charge in [0.2, 0.25) is 5.91 Å². The van der Waals surface area contributed by atoms with Crippen LogP contribution in [0.15, 0.2) is 88.8 Å². The molecule has 0 saturated heterocycles. The molecule has 0 spiro atoms. The lowest BCUT2D eigenvalue weighted by molar-refractivity contribution is -0.274. The summed E-state index contributed by atoms with van der Waals surface area (Å²) in [5, 5.41) is 3.80. The average Bonchev–Trinajstić information content (AvgIpc) is 3.26. The van der Waals surface area contributed by atoms with Crippen LogP contribution in [0.5, 0.6) is 5.75 Å². The van der Waals surface area contributed by atoms with Crippen LogP contribution in [0.25, 0.3) is 27.6 Å². The number of amides is 1. The van der Waals surface area contributed by atoms with E-state index in [0.717, 1.165) is 34.8 Å². The van der Waals surface area contributed by atoms with Crippen LogP contribution in [-0.4, -0.2) is 32.6 Å². The Morgan fingerprint density at radius 1 is 1.00 bits per heavy atom. The molecule has 37 heavy (non-hydrogen) atoms. The highest BCUT2D eigenvalue weighted by molar-refractivity contribution is 7.99. The number of rotatable bonds is 7. The zero-order valence-electron chi connectivity index (χ0n) is 19.1. The molecule has 0 radical (unpaired) electrons. The Bertz CT molecular complexity index is 1630. The van der Waals surface area contributed by atoms with E-state index in [1.54, 1.807) is 0 Å². The third-order valence-corrected chi connectivity index (χ3v) is 6.43. The SMILES string of the molecule is O=C(CSc1nc2c([nH]c3ccccc32)c(=O)n1-c1ccc(OC(F)(F)F)cc1)NCc1ccccc1. The van der Waals surface area contributed by atoms with E-state index < -0.39 is 17.7 Å². The number of nitrogens with one attached hydrogen (secondary N) is 2. The van der Waals surface area contributed by atoms with Crippen molar-refractivity contribution in [2.24, 2.45) is 0 Å². The summed E-state index contributed by atoms with van der Waals surface area (Å²) in [4.78, 5) is 33.9. The minimum Gasteiger partial charge on any atom is -0.406 e. The first-order chi connectivity index (χ1) is 17.8. The van der Waals surface area contributed by atoms with Gasteiger partial charge >= 0.3 is 6.36 Å². The van der Waals surface area contributed by atoms with Crippen molar-refractivity contribution in [3.8, 4) is 11.4 Å². The van der Waals surface area contributed by atoms with E-state index in [2.05, 4.69) is 20.0 Å². The zero-order valence-corrected chi connectivity index (χ0v) is 19.9. The number of benzene rings is 3. The third kappa shape index (κ3) is 5.46. The smallest absolute Gasteiger partial charge is 0.406 e. The van der Waals surface area contributed by atoms with Gasteiger partial charge in [0, 0.05) is 17.4 Å². The summed E-state index contributed by atoms with van der Waals surface area (Å²) in [6.07, 6.45) is -4.84. The van der Waals surface area contributed by atoms with Gasteiger partial charge in [0.05, 0.1) is 11.4 Å². The number of H-pyrrole nitrogens is 1. The summed E-state index contributed by atoms with van der Waals surface area (Å²) in [5.41, 5.74) is 2.18. The van der Waals surface area contributed by atoms with Crippen molar-refractivity contribution in [1.82, 2.24) is 19.9 Å². The monoisotopic (exact) mass is 524 g/mol. The molecule has 5 aromatic rings. The van der Waals surface area contributed by atoms with Gasteiger partial charge in [-0.1, -0.05) is 60.3 Å². The molecule has 7 nitrogen and oxygen atoms in total. The van der Waals surface area contributed by atoms with Crippen LogP contribution in [-0.2, 0) is 11.3 Å². The second kappa shape index (κ2) is 10.0. The predicted octanol–water partition coefficient (Wildman–Crippen LogP) is 5.17. The van der Waals surface area contributed by atoms with E-state index in [1.165, 1.54) is 16.7 Å². The quantitative estimate of drug-likeness (QED) is 0.226. The maximum Gasteiger partial charge on any atom is 0.573 e. The second-order valence-electron chi connectivity index (χ2n) is 8.02. The summed E-state index contributed by atoms with van der Waals surface area (Å²) >= 11 is 1.05. The average molecular weight is 525 g/mol. The highest BCUT2D eigenvalue weighted by Gasteiger charge is 2.31. The Labute approximate surface area is 212 Å². The van der Waals surface area contributed by atoms with Crippen LogP contribution < -0.4 is 15.6 Å². The fraction of sp³-hybridized carbons (Fsp3) is 0.115. The van der Waals surface area contributed by atoms with E-state index >= 15 is 0 Å². The fourth-order valence-electron chi connectivity index (χ4n) is 3.84. The van der Waals surface area contributed by atoms with Gasteiger partial charge < -0.3 is 15.0 Å². The van der Waals surface area contributed by atoms with E-state index in [4.69, 9.17) is 0 Å². The van der Waals surface area contributed by atoms with Gasteiger partial charge in [-0.25, -0.2) is 4.98 Å². The summed E-state index contributed by atoms with van der Waals surface area (Å²) in [6.45, 7) is 0.350. The molecule has 2 aromatic heterocycles. The molecule has 11 heteroatoms. The summed E-state index contributed by atoms with van der Waals surface area (Å²) in [7, 11) is 0. The van der Waals surface area contributed by atoms with Crippen LogP contribution in [0.3, 0.4) is 0 Å². The third-order valence-electron chi connectivity index (χ3n) is 5.49. The largest absolute Gasteiger partial charge is 0.573 e. The van der Waals surface area contributed by atoms with Crippen molar-refractivity contribution in [3.05, 3.63) is 94.8 Å². The number of aromatic amines is 1. The van der Waals surface area contributed by atoms with Gasteiger partial charge in [0.15, 0.2) is 5.16 Å². The van der Waals surface area contributed by atoms with E-state index in [9.17, 15) is 22.8 Å². The summed E-state index contributed by atoms with van der Waals surface area (Å²) in [5.74, 6) is -0.705. The van der Waals surface area contributed by atoms with Crippen LogP contribution >= 0.6 is 11.8 Å². The standard InChI is InChI=1S/C26H19F3N4O3S/c27-26(28,29)36-18-12-10-17(11-13-18)33-24(35)23-22(19-8-4-5-9-20(19)31-23)32-25(33)37-15-21(34)30-14-16-6-2-1-3-7-16/h1-13,31H,14-15H2,(H,30,34). The number of hydrogen-bond acceptors (Lipinski definition) is 5. The molecule has 3 aromatic carbocycles. The van der Waals surface area contributed by atoms with Crippen molar-refractivity contribution in [2.75, 3.05) is 5.75 Å².